The summed E-state index contributed by atoms with van der Waals surface area (Å²) in [6, 6.07) is 16.7. The van der Waals surface area contributed by atoms with Crippen LogP contribution >= 0.6 is 0 Å². The molecule has 0 aromatic heterocycles. The van der Waals surface area contributed by atoms with Crippen molar-refractivity contribution in [1.29, 1.82) is 0 Å². The molecular formula is C21H21NO5. The summed E-state index contributed by atoms with van der Waals surface area (Å²) >= 11 is 0. The lowest BCUT2D eigenvalue weighted by atomic mass is 9.91. The monoisotopic (exact) mass is 367 g/mol. The van der Waals surface area contributed by atoms with Gasteiger partial charge in [0.25, 0.3) is 5.91 Å². The molecule has 6 nitrogen and oxygen atoms in total. The van der Waals surface area contributed by atoms with Crippen molar-refractivity contribution in [2.45, 2.75) is 38.5 Å². The van der Waals surface area contributed by atoms with Crippen molar-refractivity contribution in [2.75, 3.05) is 0 Å². The Bertz CT molecular complexity index is 842. The standard InChI is InChI=1S/C21H21NO5/c1-21(2,3)27-20(25)22-16(14-10-6-4-7-11-14)17(18(22)23)26-19(24)15-12-8-5-9-13-15/h4-13,16-17H,1-3H3. The number of esters is 1. The molecule has 2 unspecified atom stereocenters. The van der Waals surface area contributed by atoms with Gasteiger partial charge >= 0.3 is 12.1 Å². The predicted molar refractivity (Wildman–Crippen MR) is 97.9 cm³/mol. The third-order valence-corrected chi connectivity index (χ3v) is 4.02. The van der Waals surface area contributed by atoms with Crippen LogP contribution in [0.15, 0.2) is 60.7 Å². The van der Waals surface area contributed by atoms with Crippen molar-refractivity contribution >= 4 is 18.0 Å². The summed E-state index contributed by atoms with van der Waals surface area (Å²) < 4.78 is 10.8. The van der Waals surface area contributed by atoms with Crippen LogP contribution in [0.3, 0.4) is 0 Å². The molecule has 0 saturated carbocycles. The lowest BCUT2D eigenvalue weighted by Crippen LogP contribution is -2.63. The van der Waals surface area contributed by atoms with Crippen LogP contribution in [0.5, 0.6) is 0 Å². The van der Waals surface area contributed by atoms with Gasteiger partial charge in [0.1, 0.15) is 11.6 Å². The molecule has 1 heterocycles. The second kappa shape index (κ2) is 7.23. The van der Waals surface area contributed by atoms with Crippen LogP contribution < -0.4 is 0 Å². The Labute approximate surface area is 157 Å². The Morgan fingerprint density at radius 2 is 1.48 bits per heavy atom. The molecular weight excluding hydrogens is 346 g/mol. The first-order valence-electron chi connectivity index (χ1n) is 8.65. The van der Waals surface area contributed by atoms with Crippen LogP contribution in [0.2, 0.25) is 0 Å². The molecule has 1 saturated heterocycles. The first-order chi connectivity index (χ1) is 12.8. The first-order valence-corrected chi connectivity index (χ1v) is 8.65. The highest BCUT2D eigenvalue weighted by atomic mass is 16.6. The molecule has 0 spiro atoms. The topological polar surface area (TPSA) is 72.9 Å². The van der Waals surface area contributed by atoms with E-state index in [1.807, 2.05) is 6.07 Å². The zero-order chi connectivity index (χ0) is 19.6. The molecule has 27 heavy (non-hydrogen) atoms. The second-order valence-corrected chi connectivity index (χ2v) is 7.24. The highest BCUT2D eigenvalue weighted by molar-refractivity contribution is 6.03. The number of β-lactam (4-membered cyclic amide) rings is 1. The van der Waals surface area contributed by atoms with E-state index in [4.69, 9.17) is 9.47 Å². The molecule has 0 N–H and O–H groups in total. The minimum absolute atomic E-state index is 0.341. The van der Waals surface area contributed by atoms with Gasteiger partial charge in [0.15, 0.2) is 0 Å². The fourth-order valence-electron chi connectivity index (χ4n) is 2.82. The predicted octanol–water partition coefficient (Wildman–Crippen LogP) is 3.73. The van der Waals surface area contributed by atoms with Crippen LogP contribution in [-0.4, -0.2) is 34.6 Å². The summed E-state index contributed by atoms with van der Waals surface area (Å²) in [5.41, 5.74) is 0.284. The number of hydrogen-bond acceptors (Lipinski definition) is 5. The minimum atomic E-state index is -1.08. The quantitative estimate of drug-likeness (QED) is 0.610. The van der Waals surface area contributed by atoms with Gasteiger partial charge in [0.05, 0.1) is 5.56 Å². The highest BCUT2D eigenvalue weighted by Gasteiger charge is 2.55. The minimum Gasteiger partial charge on any atom is -0.446 e. The number of amides is 2. The Balaban J connectivity index is 1.84. The van der Waals surface area contributed by atoms with E-state index in [1.165, 1.54) is 0 Å². The van der Waals surface area contributed by atoms with Crippen molar-refractivity contribution in [2.24, 2.45) is 0 Å². The van der Waals surface area contributed by atoms with Gasteiger partial charge in [-0.25, -0.2) is 14.5 Å². The molecule has 1 fully saturated rings. The van der Waals surface area contributed by atoms with Crippen molar-refractivity contribution in [3.05, 3.63) is 71.8 Å². The Morgan fingerprint density at radius 3 is 2.04 bits per heavy atom. The van der Waals surface area contributed by atoms with Gasteiger partial charge in [-0.3, -0.25) is 4.79 Å². The van der Waals surface area contributed by atoms with Gasteiger partial charge in [0, 0.05) is 0 Å². The Kier molecular flexibility index (Phi) is 4.99. The third kappa shape index (κ3) is 4.00. The smallest absolute Gasteiger partial charge is 0.417 e. The molecule has 0 radical (unpaired) electrons. The molecule has 3 rings (SSSR count). The Morgan fingerprint density at radius 1 is 0.926 bits per heavy atom. The SMILES string of the molecule is CC(C)(C)OC(=O)N1C(=O)C(OC(=O)c2ccccc2)C1c1ccccc1. The van der Waals surface area contributed by atoms with Gasteiger partial charge in [-0.2, -0.15) is 0 Å². The van der Waals surface area contributed by atoms with E-state index in [0.717, 1.165) is 4.90 Å². The largest absolute Gasteiger partial charge is 0.446 e. The summed E-state index contributed by atoms with van der Waals surface area (Å²) in [6.07, 6.45) is -1.83. The number of hydrogen-bond donors (Lipinski definition) is 0. The zero-order valence-electron chi connectivity index (χ0n) is 15.4. The first kappa shape index (κ1) is 18.6. The van der Waals surface area contributed by atoms with Crippen molar-refractivity contribution in [1.82, 2.24) is 4.90 Å². The van der Waals surface area contributed by atoms with Crippen molar-refractivity contribution in [3.8, 4) is 0 Å². The highest BCUT2D eigenvalue weighted by Crippen LogP contribution is 2.38. The number of rotatable bonds is 3. The fraction of sp³-hybridized carbons (Fsp3) is 0.286. The van der Waals surface area contributed by atoms with Crippen LogP contribution in [0.4, 0.5) is 4.79 Å². The number of imide groups is 1. The maximum Gasteiger partial charge on any atom is 0.417 e. The van der Waals surface area contributed by atoms with Crippen molar-refractivity contribution < 1.29 is 23.9 Å². The van der Waals surface area contributed by atoms with E-state index >= 15 is 0 Å². The molecule has 2 aromatic rings. The average Bonchev–Trinajstić information content (AvgIpc) is 2.63. The molecule has 0 aliphatic carbocycles. The number of likely N-dealkylation sites (tertiary alicyclic amines) is 1. The summed E-state index contributed by atoms with van der Waals surface area (Å²) in [7, 11) is 0. The maximum absolute atomic E-state index is 12.6. The molecule has 140 valence electrons. The van der Waals surface area contributed by atoms with Crippen molar-refractivity contribution in [3.63, 3.8) is 0 Å². The summed E-state index contributed by atoms with van der Waals surface area (Å²) in [5.74, 6) is -1.21. The van der Waals surface area contributed by atoms with Gasteiger partial charge < -0.3 is 9.47 Å². The van der Waals surface area contributed by atoms with E-state index in [-0.39, 0.29) is 0 Å². The zero-order valence-corrected chi connectivity index (χ0v) is 15.4. The molecule has 2 aromatic carbocycles. The van der Waals surface area contributed by atoms with Crippen LogP contribution in [0.25, 0.3) is 0 Å². The number of nitrogens with zero attached hydrogens (tertiary/aromatic N) is 1. The number of benzene rings is 2. The van der Waals surface area contributed by atoms with E-state index < -0.39 is 35.7 Å². The number of ether oxygens (including phenoxy) is 2. The lowest BCUT2D eigenvalue weighted by molar-refractivity contribution is -0.165. The molecule has 2 atom stereocenters. The fourth-order valence-corrected chi connectivity index (χ4v) is 2.82. The van der Waals surface area contributed by atoms with E-state index in [2.05, 4.69) is 0 Å². The lowest BCUT2D eigenvalue weighted by Gasteiger charge is -2.44. The van der Waals surface area contributed by atoms with Gasteiger partial charge in [-0.05, 0) is 38.5 Å². The van der Waals surface area contributed by atoms with Crippen LogP contribution in [-0.2, 0) is 14.3 Å². The third-order valence-electron chi connectivity index (χ3n) is 4.02. The average molecular weight is 367 g/mol. The molecule has 2 amide bonds. The molecule has 1 aliphatic rings. The van der Waals surface area contributed by atoms with Crippen LogP contribution in [0, 0.1) is 0 Å². The molecule has 6 heteroatoms. The maximum atomic E-state index is 12.6. The summed E-state index contributed by atoms with van der Waals surface area (Å²) in [4.78, 5) is 38.4. The Hall–Kier alpha value is -3.15. The van der Waals surface area contributed by atoms with E-state index in [9.17, 15) is 14.4 Å². The summed E-state index contributed by atoms with van der Waals surface area (Å²) in [6.45, 7) is 5.17. The second-order valence-electron chi connectivity index (χ2n) is 7.24. The van der Waals surface area contributed by atoms with Gasteiger partial charge in [-0.1, -0.05) is 48.5 Å². The molecule has 0 bridgehead atoms. The summed E-state index contributed by atoms with van der Waals surface area (Å²) in [5, 5.41) is 0. The van der Waals surface area contributed by atoms with E-state index in [0.29, 0.717) is 11.1 Å². The van der Waals surface area contributed by atoms with Crippen LogP contribution in [0.1, 0.15) is 42.7 Å². The van der Waals surface area contributed by atoms with Gasteiger partial charge in [-0.15, -0.1) is 0 Å². The number of carbonyl (C=O) groups is 3. The van der Waals surface area contributed by atoms with Gasteiger partial charge in [0.2, 0.25) is 6.10 Å². The van der Waals surface area contributed by atoms with E-state index in [1.54, 1.807) is 75.4 Å². The number of carbonyl (C=O) groups excluding carboxylic acids is 3. The molecule has 1 aliphatic heterocycles. The normalized spacial score (nSPS) is 19.2.